The quantitative estimate of drug-likeness (QED) is 0.632. The van der Waals surface area contributed by atoms with E-state index in [9.17, 15) is 4.79 Å². The summed E-state index contributed by atoms with van der Waals surface area (Å²) in [5, 5.41) is 3.61. The zero-order chi connectivity index (χ0) is 19.3. The molecule has 3 aromatic rings. The van der Waals surface area contributed by atoms with E-state index in [1.54, 1.807) is 4.90 Å². The summed E-state index contributed by atoms with van der Waals surface area (Å²) in [5.41, 5.74) is 4.08. The molecule has 0 saturated carbocycles. The largest absolute Gasteiger partial charge is 0.444 e. The molecule has 0 aliphatic carbocycles. The summed E-state index contributed by atoms with van der Waals surface area (Å²) >= 11 is 0. The molecule has 3 aromatic carbocycles. The van der Waals surface area contributed by atoms with Crippen molar-refractivity contribution in [3.8, 4) is 0 Å². The zero-order valence-corrected chi connectivity index (χ0v) is 15.9. The van der Waals surface area contributed by atoms with Crippen molar-refractivity contribution >= 4 is 17.5 Å². The van der Waals surface area contributed by atoms with Crippen molar-refractivity contribution in [2.24, 2.45) is 0 Å². The van der Waals surface area contributed by atoms with Gasteiger partial charge < -0.3 is 10.1 Å². The van der Waals surface area contributed by atoms with Crippen molar-refractivity contribution < 1.29 is 9.53 Å². The highest BCUT2D eigenvalue weighted by Gasteiger charge is 2.34. The van der Waals surface area contributed by atoms with E-state index in [0.717, 1.165) is 28.9 Å². The summed E-state index contributed by atoms with van der Waals surface area (Å²) in [4.78, 5) is 14.7. The van der Waals surface area contributed by atoms with Crippen LogP contribution in [0.15, 0.2) is 84.9 Å². The second kappa shape index (κ2) is 8.17. The minimum Gasteiger partial charge on any atom is -0.444 e. The number of anilines is 2. The zero-order valence-electron chi connectivity index (χ0n) is 15.9. The predicted octanol–water partition coefficient (Wildman–Crippen LogP) is 5.78. The van der Waals surface area contributed by atoms with Crippen molar-refractivity contribution in [3.63, 3.8) is 0 Å². The Morgan fingerprint density at radius 3 is 2.36 bits per heavy atom. The van der Waals surface area contributed by atoms with Gasteiger partial charge in [0, 0.05) is 11.7 Å². The lowest BCUT2D eigenvalue weighted by atomic mass is 9.92. The summed E-state index contributed by atoms with van der Waals surface area (Å²) < 4.78 is 5.61. The Morgan fingerprint density at radius 2 is 1.61 bits per heavy atom. The number of nitrogens with zero attached hydrogens (tertiary/aromatic N) is 1. The molecule has 4 heteroatoms. The van der Waals surface area contributed by atoms with E-state index >= 15 is 0 Å². The SMILES string of the molecule is C[C@@H]1C[C@H](Nc2ccccc2)c2ccccc2N1C(=O)OCc1ccccc1. The summed E-state index contributed by atoms with van der Waals surface area (Å²) in [6.07, 6.45) is 0.508. The molecule has 0 unspecified atom stereocenters. The van der Waals surface area contributed by atoms with Crippen molar-refractivity contribution in [1.29, 1.82) is 0 Å². The van der Waals surface area contributed by atoms with Crippen molar-refractivity contribution in [2.45, 2.75) is 32.0 Å². The lowest BCUT2D eigenvalue weighted by Gasteiger charge is -2.39. The van der Waals surface area contributed by atoms with Gasteiger partial charge in [0.1, 0.15) is 6.61 Å². The fourth-order valence-electron chi connectivity index (χ4n) is 3.75. The van der Waals surface area contributed by atoms with Crippen LogP contribution in [0.3, 0.4) is 0 Å². The molecular formula is C24H24N2O2. The molecule has 0 saturated heterocycles. The van der Waals surface area contributed by atoms with Gasteiger partial charge in [-0.25, -0.2) is 4.79 Å². The average Bonchev–Trinajstić information content (AvgIpc) is 2.74. The van der Waals surface area contributed by atoms with Crippen LogP contribution in [0, 0.1) is 0 Å². The Balaban J connectivity index is 1.54. The van der Waals surface area contributed by atoms with E-state index in [-0.39, 0.29) is 24.8 Å². The number of carbonyl (C=O) groups excluding carboxylic acids is 1. The summed E-state index contributed by atoms with van der Waals surface area (Å²) in [6, 6.07) is 28.2. The lowest BCUT2D eigenvalue weighted by molar-refractivity contribution is 0.144. The predicted molar refractivity (Wildman–Crippen MR) is 112 cm³/mol. The van der Waals surface area contributed by atoms with Crippen molar-refractivity contribution in [1.82, 2.24) is 0 Å². The van der Waals surface area contributed by atoms with Crippen LogP contribution in [0.25, 0.3) is 0 Å². The molecule has 4 rings (SSSR count). The van der Waals surface area contributed by atoms with E-state index in [1.165, 1.54) is 0 Å². The molecule has 1 N–H and O–H groups in total. The second-order valence-electron chi connectivity index (χ2n) is 7.12. The van der Waals surface area contributed by atoms with Gasteiger partial charge in [0.2, 0.25) is 0 Å². The van der Waals surface area contributed by atoms with Crippen LogP contribution in [0.1, 0.15) is 30.5 Å². The van der Waals surface area contributed by atoms with Gasteiger partial charge in [-0.2, -0.15) is 0 Å². The third kappa shape index (κ3) is 3.86. The van der Waals surface area contributed by atoms with E-state index < -0.39 is 0 Å². The molecule has 1 heterocycles. The fraction of sp³-hybridized carbons (Fsp3) is 0.208. The van der Waals surface area contributed by atoms with Gasteiger partial charge in [-0.3, -0.25) is 4.90 Å². The first-order valence-corrected chi connectivity index (χ1v) is 9.63. The lowest BCUT2D eigenvalue weighted by Crippen LogP contribution is -2.44. The summed E-state index contributed by atoms with van der Waals surface area (Å²) in [5.74, 6) is 0. The van der Waals surface area contributed by atoms with Gasteiger partial charge in [0.15, 0.2) is 0 Å². The molecule has 0 radical (unpaired) electrons. The molecule has 0 spiro atoms. The van der Waals surface area contributed by atoms with E-state index in [2.05, 4.69) is 30.4 Å². The number of para-hydroxylation sites is 2. The molecule has 1 amide bonds. The molecule has 2 atom stereocenters. The van der Waals surface area contributed by atoms with Gasteiger partial charge in [0.25, 0.3) is 0 Å². The second-order valence-corrected chi connectivity index (χ2v) is 7.12. The van der Waals surface area contributed by atoms with Crippen LogP contribution < -0.4 is 10.2 Å². The molecule has 1 aliphatic heterocycles. The van der Waals surface area contributed by atoms with Gasteiger partial charge >= 0.3 is 6.09 Å². The number of hydrogen-bond donors (Lipinski definition) is 1. The maximum Gasteiger partial charge on any atom is 0.414 e. The van der Waals surface area contributed by atoms with Gasteiger partial charge in [-0.15, -0.1) is 0 Å². The first kappa shape index (κ1) is 18.1. The van der Waals surface area contributed by atoms with E-state index in [4.69, 9.17) is 4.74 Å². The van der Waals surface area contributed by atoms with Crippen molar-refractivity contribution in [2.75, 3.05) is 10.2 Å². The molecule has 142 valence electrons. The molecule has 4 nitrogen and oxygen atoms in total. The first-order valence-electron chi connectivity index (χ1n) is 9.63. The number of benzene rings is 3. The molecule has 0 aromatic heterocycles. The number of carbonyl (C=O) groups is 1. The maximum atomic E-state index is 12.9. The summed E-state index contributed by atoms with van der Waals surface area (Å²) in [6.45, 7) is 2.34. The number of nitrogens with one attached hydrogen (secondary N) is 1. The average molecular weight is 372 g/mol. The number of hydrogen-bond acceptors (Lipinski definition) is 3. The van der Waals surface area contributed by atoms with E-state index in [0.29, 0.717) is 0 Å². The monoisotopic (exact) mass is 372 g/mol. The van der Waals surface area contributed by atoms with Gasteiger partial charge in [-0.1, -0.05) is 66.7 Å². The minimum absolute atomic E-state index is 0.0272. The van der Waals surface area contributed by atoms with Crippen molar-refractivity contribution in [3.05, 3.63) is 96.1 Å². The Morgan fingerprint density at radius 1 is 0.964 bits per heavy atom. The van der Waals surface area contributed by atoms with Crippen LogP contribution in [0.5, 0.6) is 0 Å². The molecule has 1 aliphatic rings. The first-order chi connectivity index (χ1) is 13.7. The van der Waals surface area contributed by atoms with E-state index in [1.807, 2.05) is 66.7 Å². The van der Waals surface area contributed by atoms with Crippen LogP contribution >= 0.6 is 0 Å². The Labute approximate surface area is 165 Å². The number of fused-ring (bicyclic) bond motifs is 1. The van der Waals surface area contributed by atoms with Crippen LogP contribution in [-0.2, 0) is 11.3 Å². The van der Waals surface area contributed by atoms with Crippen LogP contribution in [0.4, 0.5) is 16.2 Å². The topological polar surface area (TPSA) is 41.6 Å². The van der Waals surface area contributed by atoms with Crippen LogP contribution in [0.2, 0.25) is 0 Å². The highest BCUT2D eigenvalue weighted by Crippen LogP contribution is 2.39. The summed E-state index contributed by atoms with van der Waals surface area (Å²) in [7, 11) is 0. The normalized spacial score (nSPS) is 18.2. The smallest absolute Gasteiger partial charge is 0.414 e. The fourth-order valence-corrected chi connectivity index (χ4v) is 3.75. The number of amides is 1. The van der Waals surface area contributed by atoms with Crippen LogP contribution in [-0.4, -0.2) is 12.1 Å². The Kier molecular flexibility index (Phi) is 5.29. The van der Waals surface area contributed by atoms with Gasteiger partial charge in [0.05, 0.1) is 11.7 Å². The third-order valence-electron chi connectivity index (χ3n) is 5.11. The highest BCUT2D eigenvalue weighted by atomic mass is 16.6. The highest BCUT2D eigenvalue weighted by molar-refractivity contribution is 5.90. The number of rotatable bonds is 4. The molecule has 0 fully saturated rings. The Bertz CT molecular complexity index is 928. The standard InChI is InChI=1S/C24H24N2O2/c1-18-16-22(25-20-12-6-3-7-13-20)21-14-8-9-15-23(21)26(18)24(27)28-17-19-10-4-2-5-11-19/h2-15,18,22,25H,16-17H2,1H3/t18-,22+/m1/s1. The maximum absolute atomic E-state index is 12.9. The number of ether oxygens (including phenoxy) is 1. The minimum atomic E-state index is -0.304. The Hall–Kier alpha value is -3.27. The van der Waals surface area contributed by atoms with Gasteiger partial charge in [-0.05, 0) is 42.7 Å². The molecule has 0 bridgehead atoms. The molecular weight excluding hydrogens is 348 g/mol. The molecule has 28 heavy (non-hydrogen) atoms. The third-order valence-corrected chi connectivity index (χ3v) is 5.11.